The number of anilines is 3. The Bertz CT molecular complexity index is 1670. The van der Waals surface area contributed by atoms with Gasteiger partial charge in [-0.25, -0.2) is 8.78 Å². The predicted octanol–water partition coefficient (Wildman–Crippen LogP) is 8.61. The molecule has 3 N–H and O–H groups in total. The smallest absolute Gasteiger partial charge is 0.326 e. The van der Waals surface area contributed by atoms with Crippen molar-refractivity contribution in [3.63, 3.8) is 0 Å². The van der Waals surface area contributed by atoms with Crippen LogP contribution in [0.1, 0.15) is 27.4 Å². The third kappa shape index (κ3) is 8.12. The van der Waals surface area contributed by atoms with Gasteiger partial charge in [0.05, 0.1) is 33.5 Å². The van der Waals surface area contributed by atoms with E-state index in [-0.39, 0.29) is 21.8 Å². The molecule has 1 aliphatic carbocycles. The van der Waals surface area contributed by atoms with Gasteiger partial charge in [-0.2, -0.15) is 26.3 Å². The van der Waals surface area contributed by atoms with Gasteiger partial charge >= 0.3 is 11.7 Å². The van der Waals surface area contributed by atoms with Crippen LogP contribution in [0, 0.1) is 17.6 Å². The summed E-state index contributed by atoms with van der Waals surface area (Å²) in [7, 11) is 0. The lowest BCUT2D eigenvalue weighted by molar-refractivity contribution is -0.137. The molecule has 3 aromatic carbocycles. The molecule has 240 valence electrons. The molecular weight excluding hydrogens is 705 g/mol. The zero-order valence-electron chi connectivity index (χ0n) is 21.8. The molecule has 3 aromatic rings. The Labute approximate surface area is 267 Å². The third-order valence-electron chi connectivity index (χ3n) is 6.36. The molecule has 0 bridgehead atoms. The maximum atomic E-state index is 15.0. The molecule has 0 radical (unpaired) electrons. The van der Waals surface area contributed by atoms with E-state index in [4.69, 9.17) is 34.8 Å². The fourth-order valence-corrected chi connectivity index (χ4v) is 5.65. The average Bonchev–Trinajstić information content (AvgIpc) is 3.53. The molecule has 0 saturated heterocycles. The van der Waals surface area contributed by atoms with Gasteiger partial charge in [0, 0.05) is 11.6 Å². The second-order valence-corrected chi connectivity index (χ2v) is 12.3. The summed E-state index contributed by atoms with van der Waals surface area (Å²) in [5.41, 5.74) is -7.82. The monoisotopic (exact) mass is 719 g/mol. The quantitative estimate of drug-likeness (QED) is 0.161. The summed E-state index contributed by atoms with van der Waals surface area (Å²) in [4.78, 5) is 37.7. The van der Waals surface area contributed by atoms with Crippen molar-refractivity contribution in [2.75, 3.05) is 21.7 Å². The topological polar surface area (TPSA) is 87.3 Å². The molecule has 1 saturated carbocycles. The first-order valence-electron chi connectivity index (χ1n) is 12.2. The second kappa shape index (κ2) is 12.9. The van der Waals surface area contributed by atoms with Crippen LogP contribution in [0.3, 0.4) is 0 Å². The fraction of sp³-hybridized carbons (Fsp3) is 0.222. The Hall–Kier alpha value is -3.27. The van der Waals surface area contributed by atoms with Crippen molar-refractivity contribution in [1.29, 1.82) is 0 Å². The molecule has 6 nitrogen and oxygen atoms in total. The Morgan fingerprint density at radius 1 is 0.889 bits per heavy atom. The maximum absolute atomic E-state index is 15.0. The molecule has 1 fully saturated rings. The molecule has 0 heterocycles. The summed E-state index contributed by atoms with van der Waals surface area (Å²) in [6.45, 7) is 0. The van der Waals surface area contributed by atoms with Crippen LogP contribution in [0.5, 0.6) is 0 Å². The lowest BCUT2D eigenvalue weighted by atomic mass is 10.1. The lowest BCUT2D eigenvalue weighted by Crippen LogP contribution is -2.20. The van der Waals surface area contributed by atoms with E-state index in [1.807, 2.05) is 0 Å². The minimum absolute atomic E-state index is 0.0388. The molecule has 0 aromatic heterocycles. The van der Waals surface area contributed by atoms with E-state index in [1.54, 1.807) is 5.32 Å². The number of rotatable bonds is 8. The van der Waals surface area contributed by atoms with Crippen LogP contribution in [0.15, 0.2) is 54.6 Å². The van der Waals surface area contributed by atoms with E-state index in [1.165, 1.54) is 18.2 Å². The largest absolute Gasteiger partial charge is 0.442 e. The highest BCUT2D eigenvalue weighted by Gasteiger charge is 2.67. The zero-order chi connectivity index (χ0) is 33.5. The van der Waals surface area contributed by atoms with Crippen LogP contribution in [0.2, 0.25) is 5.02 Å². The average molecular weight is 721 g/mol. The molecule has 0 spiro atoms. The molecule has 1 aliphatic rings. The summed E-state index contributed by atoms with van der Waals surface area (Å²) in [5.74, 6) is -9.47. The van der Waals surface area contributed by atoms with Gasteiger partial charge < -0.3 is 16.0 Å². The first-order chi connectivity index (χ1) is 20.8. The molecular formula is C27H16Cl3F8N3O3S. The number of nitrogens with one attached hydrogen (secondary N) is 3. The van der Waals surface area contributed by atoms with Crippen molar-refractivity contribution in [3.05, 3.63) is 87.9 Å². The summed E-state index contributed by atoms with van der Waals surface area (Å²) < 4.78 is 104. The molecule has 1 unspecified atom stereocenters. The summed E-state index contributed by atoms with van der Waals surface area (Å²) in [5, 5.41) is 6.02. The van der Waals surface area contributed by atoms with Crippen LogP contribution >= 0.6 is 46.6 Å². The summed E-state index contributed by atoms with van der Waals surface area (Å²) >= 11 is 17.8. The molecule has 4 rings (SSSR count). The van der Waals surface area contributed by atoms with Crippen molar-refractivity contribution in [1.82, 2.24) is 0 Å². The van der Waals surface area contributed by atoms with E-state index in [9.17, 15) is 49.5 Å². The third-order valence-corrected chi connectivity index (χ3v) is 8.36. The summed E-state index contributed by atoms with van der Waals surface area (Å²) in [6, 6.07) is 9.11. The molecule has 2 atom stereocenters. The highest BCUT2D eigenvalue weighted by Crippen LogP contribution is 2.65. The summed E-state index contributed by atoms with van der Waals surface area (Å²) in [6.07, 6.45) is -4.65. The van der Waals surface area contributed by atoms with Gasteiger partial charge in [0.1, 0.15) is 15.8 Å². The normalized spacial score (nSPS) is 17.4. The second-order valence-electron chi connectivity index (χ2n) is 9.46. The number of hydrogen-bond acceptors (Lipinski definition) is 4. The molecule has 0 aliphatic heterocycles. The van der Waals surface area contributed by atoms with Gasteiger partial charge in [0.15, 0.2) is 5.82 Å². The number of thioether (sulfide) groups is 1. The lowest BCUT2D eigenvalue weighted by Gasteiger charge is -2.14. The van der Waals surface area contributed by atoms with Gasteiger partial charge in [-0.1, -0.05) is 29.8 Å². The number of amides is 3. The van der Waals surface area contributed by atoms with E-state index >= 15 is 0 Å². The number of hydrogen-bond donors (Lipinski definition) is 3. The van der Waals surface area contributed by atoms with Gasteiger partial charge in [-0.05, 0) is 53.7 Å². The van der Waals surface area contributed by atoms with Crippen LogP contribution < -0.4 is 16.0 Å². The van der Waals surface area contributed by atoms with E-state index in [0.717, 1.165) is 30.3 Å². The number of alkyl halides is 8. The Kier molecular flexibility index (Phi) is 9.88. The standard InChI is InChI=1S/C27H16Cl3F8N3O3S/c28-15-5-4-13(39-24(44)20-19(25(20,29)30)11-2-1-3-12(8-11)26(33,34)35)9-14(15)23(43)40-17-7-6-16(31)22(21(17)32)41-18(42)10-45-27(36,37)38/h1-9,19-20H,10H2,(H,39,44)(H,40,43)(H,41,42)/t19?,20-/m1/s1. The van der Waals surface area contributed by atoms with E-state index in [2.05, 4.69) is 10.6 Å². The first kappa shape index (κ1) is 34.6. The Morgan fingerprint density at radius 3 is 2.22 bits per heavy atom. The fourth-order valence-electron chi connectivity index (χ4n) is 4.25. The van der Waals surface area contributed by atoms with Crippen molar-refractivity contribution >= 4 is 81.3 Å². The highest BCUT2D eigenvalue weighted by atomic mass is 35.5. The van der Waals surface area contributed by atoms with Crippen molar-refractivity contribution in [3.8, 4) is 0 Å². The van der Waals surface area contributed by atoms with E-state index < -0.39 is 91.7 Å². The predicted molar refractivity (Wildman–Crippen MR) is 154 cm³/mol. The van der Waals surface area contributed by atoms with Crippen LogP contribution in [0.4, 0.5) is 52.2 Å². The molecule has 18 heteroatoms. The highest BCUT2D eigenvalue weighted by molar-refractivity contribution is 8.00. The Morgan fingerprint density at radius 2 is 1.58 bits per heavy atom. The van der Waals surface area contributed by atoms with Crippen molar-refractivity contribution in [2.24, 2.45) is 5.92 Å². The number of carbonyl (C=O) groups excluding carboxylic acids is 3. The van der Waals surface area contributed by atoms with Crippen LogP contribution in [0.25, 0.3) is 0 Å². The Balaban J connectivity index is 1.48. The number of halogens is 11. The number of benzene rings is 3. The number of carbonyl (C=O) groups is 3. The molecule has 45 heavy (non-hydrogen) atoms. The molecule has 3 amide bonds. The minimum Gasteiger partial charge on any atom is -0.326 e. The van der Waals surface area contributed by atoms with Gasteiger partial charge in [0.2, 0.25) is 11.8 Å². The minimum atomic E-state index is -4.77. The van der Waals surface area contributed by atoms with Gasteiger partial charge in [-0.3, -0.25) is 14.4 Å². The SMILES string of the molecule is O=C(CSC(F)(F)F)Nc1c(F)ccc(NC(=O)c2cc(NC(=O)[C@H]3C(c4cccc(C(F)(F)F)c4)C3(Cl)Cl)ccc2Cl)c1F. The van der Waals surface area contributed by atoms with Gasteiger partial charge in [-0.15, -0.1) is 23.2 Å². The first-order valence-corrected chi connectivity index (χ1v) is 14.4. The van der Waals surface area contributed by atoms with Crippen LogP contribution in [-0.2, 0) is 15.8 Å². The van der Waals surface area contributed by atoms with Gasteiger partial charge in [0.25, 0.3) is 5.91 Å². The zero-order valence-corrected chi connectivity index (χ0v) is 24.9. The van der Waals surface area contributed by atoms with E-state index in [0.29, 0.717) is 6.07 Å². The maximum Gasteiger partial charge on any atom is 0.442 e. The van der Waals surface area contributed by atoms with Crippen molar-refractivity contribution < 1.29 is 49.5 Å². The van der Waals surface area contributed by atoms with Crippen molar-refractivity contribution in [2.45, 2.75) is 21.9 Å². The van der Waals surface area contributed by atoms with Crippen LogP contribution in [-0.4, -0.2) is 33.3 Å².